The summed E-state index contributed by atoms with van der Waals surface area (Å²) >= 11 is 0. The van der Waals surface area contributed by atoms with Crippen molar-refractivity contribution in [2.75, 3.05) is 13.1 Å². The average Bonchev–Trinajstić information content (AvgIpc) is 2.46. The van der Waals surface area contributed by atoms with Crippen LogP contribution in [0.4, 0.5) is 9.18 Å². The Morgan fingerprint density at radius 2 is 1.96 bits per heavy atom. The van der Waals surface area contributed by atoms with Crippen molar-refractivity contribution in [1.82, 2.24) is 4.90 Å². The normalized spacial score (nSPS) is 16.3. The molecule has 1 heterocycles. The van der Waals surface area contributed by atoms with E-state index in [0.29, 0.717) is 30.8 Å². The third-order valence-corrected chi connectivity index (χ3v) is 3.82. The van der Waals surface area contributed by atoms with E-state index in [0.717, 1.165) is 12.8 Å². The molecule has 1 saturated heterocycles. The minimum atomic E-state index is -0.484. The molecular weight excluding hydrogens is 297 g/mol. The molecule has 0 saturated carbocycles. The van der Waals surface area contributed by atoms with Crippen molar-refractivity contribution in [1.29, 1.82) is 0 Å². The van der Waals surface area contributed by atoms with E-state index in [1.165, 1.54) is 6.07 Å². The molecule has 0 N–H and O–H groups in total. The highest BCUT2D eigenvalue weighted by Crippen LogP contribution is 2.26. The van der Waals surface area contributed by atoms with E-state index < -0.39 is 5.60 Å². The number of hydrogen-bond acceptors (Lipinski definition) is 3. The third-order valence-electron chi connectivity index (χ3n) is 3.82. The maximum atomic E-state index is 13.8. The smallest absolute Gasteiger partial charge is 0.410 e. The van der Waals surface area contributed by atoms with Gasteiger partial charge in [0.25, 0.3) is 0 Å². The number of piperidine rings is 1. The maximum Gasteiger partial charge on any atom is 0.410 e. The van der Waals surface area contributed by atoms with Crippen molar-refractivity contribution < 1.29 is 18.7 Å². The van der Waals surface area contributed by atoms with Gasteiger partial charge in [0, 0.05) is 31.5 Å². The summed E-state index contributed by atoms with van der Waals surface area (Å²) in [5.41, 5.74) is 0.129. The summed E-state index contributed by atoms with van der Waals surface area (Å²) in [5, 5.41) is 0. The zero-order chi connectivity index (χ0) is 17.0. The first kappa shape index (κ1) is 17.6. The van der Waals surface area contributed by atoms with Gasteiger partial charge in [-0.05, 0) is 39.3 Å². The molecule has 0 aromatic heterocycles. The Kier molecular flexibility index (Phi) is 5.50. The van der Waals surface area contributed by atoms with Gasteiger partial charge in [-0.25, -0.2) is 9.18 Å². The molecule has 1 amide bonds. The van der Waals surface area contributed by atoms with E-state index in [4.69, 9.17) is 9.47 Å². The quantitative estimate of drug-likeness (QED) is 0.838. The van der Waals surface area contributed by atoms with Gasteiger partial charge in [-0.3, -0.25) is 0 Å². The number of likely N-dealkylation sites (tertiary alicyclic amines) is 1. The summed E-state index contributed by atoms with van der Waals surface area (Å²) < 4.78 is 25.1. The Balaban J connectivity index is 1.90. The fraction of sp³-hybridized carbons (Fsp3) is 0.611. The lowest BCUT2D eigenvalue weighted by Gasteiger charge is -2.33. The van der Waals surface area contributed by atoms with E-state index >= 15 is 0 Å². The van der Waals surface area contributed by atoms with Crippen molar-refractivity contribution in [3.05, 3.63) is 29.6 Å². The second kappa shape index (κ2) is 7.20. The van der Waals surface area contributed by atoms with Gasteiger partial charge in [0.1, 0.15) is 23.3 Å². The zero-order valence-corrected chi connectivity index (χ0v) is 14.4. The molecule has 1 aliphatic heterocycles. The van der Waals surface area contributed by atoms with Crippen LogP contribution in [0.15, 0.2) is 18.2 Å². The maximum absolute atomic E-state index is 13.8. The van der Waals surface area contributed by atoms with E-state index in [-0.39, 0.29) is 18.0 Å². The van der Waals surface area contributed by atoms with E-state index in [1.54, 1.807) is 11.0 Å². The Labute approximate surface area is 137 Å². The molecule has 2 rings (SSSR count). The summed E-state index contributed by atoms with van der Waals surface area (Å²) in [6, 6.07) is 4.93. The average molecular weight is 323 g/mol. The largest absolute Gasteiger partial charge is 0.490 e. The Hall–Kier alpha value is -1.78. The molecule has 0 aliphatic carbocycles. The Morgan fingerprint density at radius 3 is 2.52 bits per heavy atom. The van der Waals surface area contributed by atoms with Crippen LogP contribution in [0.5, 0.6) is 5.75 Å². The molecular formula is C18H26FNO3. The van der Waals surface area contributed by atoms with Gasteiger partial charge in [-0.2, -0.15) is 0 Å². The number of halogens is 1. The molecule has 0 radical (unpaired) electrons. The number of carbonyl (C=O) groups is 1. The fourth-order valence-corrected chi connectivity index (χ4v) is 2.65. The standard InChI is InChI=1S/C18H26FNO3/c1-5-14-15(19)7-6-8-16(14)22-13-9-11-20(12-10-13)17(21)23-18(2,3)4/h6-8,13H,5,9-12H2,1-4H3. The summed E-state index contributed by atoms with van der Waals surface area (Å²) in [4.78, 5) is 13.7. The highest BCUT2D eigenvalue weighted by molar-refractivity contribution is 5.68. The molecule has 5 heteroatoms. The van der Waals surface area contributed by atoms with Gasteiger partial charge >= 0.3 is 6.09 Å². The molecule has 128 valence electrons. The van der Waals surface area contributed by atoms with Crippen LogP contribution in [0, 0.1) is 5.82 Å². The molecule has 1 aromatic rings. The van der Waals surface area contributed by atoms with Crippen LogP contribution in [0.1, 0.15) is 46.1 Å². The second-order valence-electron chi connectivity index (χ2n) is 6.85. The molecule has 1 aromatic carbocycles. The predicted molar refractivity (Wildman–Crippen MR) is 87.2 cm³/mol. The van der Waals surface area contributed by atoms with E-state index in [2.05, 4.69) is 0 Å². The van der Waals surface area contributed by atoms with Crippen LogP contribution in [0.2, 0.25) is 0 Å². The lowest BCUT2D eigenvalue weighted by atomic mass is 10.1. The van der Waals surface area contributed by atoms with E-state index in [1.807, 2.05) is 33.8 Å². The lowest BCUT2D eigenvalue weighted by Crippen LogP contribution is -2.44. The highest BCUT2D eigenvalue weighted by Gasteiger charge is 2.28. The van der Waals surface area contributed by atoms with Crippen molar-refractivity contribution in [3.8, 4) is 5.75 Å². The second-order valence-corrected chi connectivity index (χ2v) is 6.85. The molecule has 0 bridgehead atoms. The summed E-state index contributed by atoms with van der Waals surface area (Å²) in [5.74, 6) is 0.388. The number of benzene rings is 1. The molecule has 1 aliphatic rings. The van der Waals surface area contributed by atoms with Crippen molar-refractivity contribution >= 4 is 6.09 Å². The first-order chi connectivity index (χ1) is 10.8. The first-order valence-electron chi connectivity index (χ1n) is 8.22. The van der Waals surface area contributed by atoms with E-state index in [9.17, 15) is 9.18 Å². The molecule has 23 heavy (non-hydrogen) atoms. The zero-order valence-electron chi connectivity index (χ0n) is 14.4. The molecule has 0 unspecified atom stereocenters. The van der Waals surface area contributed by atoms with Crippen LogP contribution >= 0.6 is 0 Å². The van der Waals surface area contributed by atoms with Gasteiger partial charge in [-0.15, -0.1) is 0 Å². The molecule has 1 fully saturated rings. The van der Waals surface area contributed by atoms with Crippen LogP contribution in [-0.4, -0.2) is 35.8 Å². The summed E-state index contributed by atoms with van der Waals surface area (Å²) in [7, 11) is 0. The van der Waals surface area contributed by atoms with Crippen LogP contribution in [0.3, 0.4) is 0 Å². The van der Waals surface area contributed by atoms with Gasteiger partial charge in [0.2, 0.25) is 0 Å². The van der Waals surface area contributed by atoms with Crippen LogP contribution in [-0.2, 0) is 11.2 Å². The SMILES string of the molecule is CCc1c(F)cccc1OC1CCN(C(=O)OC(C)(C)C)CC1. The Bertz CT molecular complexity index is 546. The molecule has 4 nitrogen and oxygen atoms in total. The fourth-order valence-electron chi connectivity index (χ4n) is 2.65. The lowest BCUT2D eigenvalue weighted by molar-refractivity contribution is 0.0125. The minimum Gasteiger partial charge on any atom is -0.490 e. The number of hydrogen-bond donors (Lipinski definition) is 0. The first-order valence-corrected chi connectivity index (χ1v) is 8.22. The molecule has 0 spiro atoms. The minimum absolute atomic E-state index is 0.000728. The van der Waals surface area contributed by atoms with Crippen molar-refractivity contribution in [2.24, 2.45) is 0 Å². The third kappa shape index (κ3) is 4.85. The van der Waals surface area contributed by atoms with Gasteiger partial charge in [-0.1, -0.05) is 13.0 Å². The van der Waals surface area contributed by atoms with Crippen molar-refractivity contribution in [2.45, 2.75) is 58.7 Å². The number of amides is 1. The highest BCUT2D eigenvalue weighted by atomic mass is 19.1. The van der Waals surface area contributed by atoms with Crippen LogP contribution in [0.25, 0.3) is 0 Å². The van der Waals surface area contributed by atoms with Crippen molar-refractivity contribution in [3.63, 3.8) is 0 Å². The topological polar surface area (TPSA) is 38.8 Å². The summed E-state index contributed by atoms with van der Waals surface area (Å²) in [6.45, 7) is 8.67. The predicted octanol–water partition coefficient (Wildman–Crippen LogP) is 4.17. The monoisotopic (exact) mass is 323 g/mol. The summed E-state index contributed by atoms with van der Waals surface area (Å²) in [6.07, 6.45) is 1.76. The van der Waals surface area contributed by atoms with Gasteiger partial charge in [0.15, 0.2) is 0 Å². The number of rotatable bonds is 3. The van der Waals surface area contributed by atoms with Gasteiger partial charge < -0.3 is 14.4 Å². The Morgan fingerprint density at radius 1 is 1.30 bits per heavy atom. The number of nitrogens with zero attached hydrogens (tertiary/aromatic N) is 1. The number of ether oxygens (including phenoxy) is 2. The number of carbonyl (C=O) groups excluding carboxylic acids is 1. The molecule has 0 atom stereocenters. The van der Waals surface area contributed by atoms with Gasteiger partial charge in [0.05, 0.1) is 0 Å². The van der Waals surface area contributed by atoms with Crippen LogP contribution < -0.4 is 4.74 Å².